The number of hydrogen-bond donors (Lipinski definition) is 0. The molecule has 1 aliphatic heterocycles. The summed E-state index contributed by atoms with van der Waals surface area (Å²) in [6.45, 7) is 2.58. The predicted octanol–water partition coefficient (Wildman–Crippen LogP) is 3.34. The van der Waals surface area contributed by atoms with Gasteiger partial charge in [0.05, 0.1) is 0 Å². The zero-order valence-corrected chi connectivity index (χ0v) is 12.5. The highest BCUT2D eigenvalue weighted by Crippen LogP contribution is 2.31. The molecule has 0 spiro atoms. The average Bonchev–Trinajstić information content (AvgIpc) is 3.04. The van der Waals surface area contributed by atoms with Gasteiger partial charge in [0.15, 0.2) is 0 Å². The van der Waals surface area contributed by atoms with E-state index in [4.69, 9.17) is 4.52 Å². The first kappa shape index (κ1) is 14.7. The van der Waals surface area contributed by atoms with Crippen molar-refractivity contribution in [2.75, 3.05) is 6.54 Å². The normalized spacial score (nSPS) is 18.5. The van der Waals surface area contributed by atoms with Gasteiger partial charge >= 0.3 is 0 Å². The topological polar surface area (TPSA) is 59.2 Å². The molecule has 1 aromatic carbocycles. The second kappa shape index (κ2) is 6.25. The molecule has 0 bridgehead atoms. The number of carbonyl (C=O) groups excluding carboxylic acids is 1. The summed E-state index contributed by atoms with van der Waals surface area (Å²) in [5.41, 5.74) is 0.695. The second-order valence-corrected chi connectivity index (χ2v) is 5.42. The van der Waals surface area contributed by atoms with E-state index in [1.54, 1.807) is 12.1 Å². The Kier molecular flexibility index (Phi) is 4.18. The number of likely N-dealkylation sites (tertiary alicyclic amines) is 1. The van der Waals surface area contributed by atoms with Crippen LogP contribution in [0, 0.1) is 5.82 Å². The Hall–Kier alpha value is -2.24. The Labute approximate surface area is 128 Å². The van der Waals surface area contributed by atoms with Crippen LogP contribution in [0.4, 0.5) is 4.39 Å². The summed E-state index contributed by atoms with van der Waals surface area (Å²) in [6, 6.07) is 5.79. The van der Waals surface area contributed by atoms with E-state index in [-0.39, 0.29) is 17.8 Å². The van der Waals surface area contributed by atoms with Crippen LogP contribution in [0.2, 0.25) is 0 Å². The van der Waals surface area contributed by atoms with Crippen LogP contribution in [0.5, 0.6) is 0 Å². The van der Waals surface area contributed by atoms with Gasteiger partial charge in [-0.05, 0) is 43.5 Å². The smallest absolute Gasteiger partial charge is 0.249 e. The van der Waals surface area contributed by atoms with Crippen LogP contribution < -0.4 is 0 Å². The van der Waals surface area contributed by atoms with Gasteiger partial charge in [0.2, 0.25) is 17.6 Å². The highest BCUT2D eigenvalue weighted by Gasteiger charge is 2.31. The van der Waals surface area contributed by atoms with Crippen molar-refractivity contribution in [3.63, 3.8) is 0 Å². The van der Waals surface area contributed by atoms with Gasteiger partial charge in [0.1, 0.15) is 11.9 Å². The molecular weight excluding hydrogens is 285 g/mol. The summed E-state index contributed by atoms with van der Waals surface area (Å²) in [6.07, 6.45) is 3.33. The molecule has 0 radical (unpaired) electrons. The predicted molar refractivity (Wildman–Crippen MR) is 78.3 cm³/mol. The van der Waals surface area contributed by atoms with Gasteiger partial charge in [-0.1, -0.05) is 12.1 Å². The van der Waals surface area contributed by atoms with Crippen LogP contribution in [0.1, 0.15) is 44.5 Å². The Morgan fingerprint density at radius 1 is 1.36 bits per heavy atom. The molecule has 1 saturated heterocycles. The van der Waals surface area contributed by atoms with Gasteiger partial charge in [0.25, 0.3) is 0 Å². The van der Waals surface area contributed by atoms with E-state index < -0.39 is 0 Å². The monoisotopic (exact) mass is 303 g/mol. The van der Waals surface area contributed by atoms with Crippen molar-refractivity contribution in [1.29, 1.82) is 0 Å². The van der Waals surface area contributed by atoms with Gasteiger partial charge in [-0.25, -0.2) is 4.39 Å². The first-order valence-corrected chi connectivity index (χ1v) is 7.58. The largest absolute Gasteiger partial charge is 0.337 e. The number of carbonyl (C=O) groups is 1. The Balaban J connectivity index is 1.85. The number of nitrogens with zero attached hydrogens (tertiary/aromatic N) is 3. The van der Waals surface area contributed by atoms with Crippen LogP contribution in [0.25, 0.3) is 11.4 Å². The third kappa shape index (κ3) is 2.86. The molecule has 1 amide bonds. The molecule has 0 aliphatic carbocycles. The van der Waals surface area contributed by atoms with E-state index >= 15 is 0 Å². The molecule has 116 valence electrons. The van der Waals surface area contributed by atoms with E-state index in [2.05, 4.69) is 10.1 Å². The van der Waals surface area contributed by atoms with Crippen LogP contribution in [-0.4, -0.2) is 27.5 Å². The highest BCUT2D eigenvalue weighted by molar-refractivity contribution is 5.76. The van der Waals surface area contributed by atoms with Gasteiger partial charge in [0, 0.05) is 18.5 Å². The fourth-order valence-electron chi connectivity index (χ4n) is 2.78. The zero-order valence-electron chi connectivity index (χ0n) is 12.5. The summed E-state index contributed by atoms with van der Waals surface area (Å²) >= 11 is 0. The SMILES string of the molecule is CCC(=O)N1CCCC[C@H]1c1nc(-c2ccc(F)cc2)no1. The van der Waals surface area contributed by atoms with Gasteiger partial charge in [-0.15, -0.1) is 0 Å². The summed E-state index contributed by atoms with van der Waals surface area (Å²) in [5, 5.41) is 3.96. The zero-order chi connectivity index (χ0) is 15.5. The van der Waals surface area contributed by atoms with Gasteiger partial charge < -0.3 is 9.42 Å². The molecule has 3 rings (SSSR count). The van der Waals surface area contributed by atoms with Crippen LogP contribution in [-0.2, 0) is 4.79 Å². The molecule has 0 N–H and O–H groups in total. The van der Waals surface area contributed by atoms with Crippen molar-refractivity contribution in [1.82, 2.24) is 15.0 Å². The molecule has 22 heavy (non-hydrogen) atoms. The maximum absolute atomic E-state index is 13.0. The summed E-state index contributed by atoms with van der Waals surface area (Å²) < 4.78 is 18.3. The van der Waals surface area contributed by atoms with Crippen LogP contribution >= 0.6 is 0 Å². The van der Waals surface area contributed by atoms with Gasteiger partial charge in [-0.2, -0.15) is 4.98 Å². The fourth-order valence-corrected chi connectivity index (χ4v) is 2.78. The number of benzene rings is 1. The lowest BCUT2D eigenvalue weighted by Gasteiger charge is -2.33. The van der Waals surface area contributed by atoms with Crippen molar-refractivity contribution in [2.24, 2.45) is 0 Å². The van der Waals surface area contributed by atoms with Crippen LogP contribution in [0.3, 0.4) is 0 Å². The lowest BCUT2D eigenvalue weighted by molar-refractivity contribution is -0.135. The minimum absolute atomic E-state index is 0.103. The van der Waals surface area contributed by atoms with Crippen molar-refractivity contribution >= 4 is 5.91 Å². The summed E-state index contributed by atoms with van der Waals surface area (Å²) in [4.78, 5) is 18.3. The number of hydrogen-bond acceptors (Lipinski definition) is 4. The molecule has 0 saturated carbocycles. The molecule has 5 nitrogen and oxygen atoms in total. The number of piperidine rings is 1. The fraction of sp³-hybridized carbons (Fsp3) is 0.438. The summed E-state index contributed by atoms with van der Waals surface area (Å²) in [7, 11) is 0. The molecule has 1 aliphatic rings. The third-order valence-corrected chi connectivity index (χ3v) is 3.95. The van der Waals surface area contributed by atoms with E-state index in [1.807, 2.05) is 11.8 Å². The van der Waals surface area contributed by atoms with Crippen molar-refractivity contribution in [3.05, 3.63) is 36.0 Å². The maximum atomic E-state index is 13.0. The molecule has 2 heterocycles. The molecule has 1 atom stereocenters. The average molecular weight is 303 g/mol. The molecule has 0 unspecified atom stereocenters. The van der Waals surface area contributed by atoms with E-state index in [1.165, 1.54) is 12.1 Å². The van der Waals surface area contributed by atoms with Crippen molar-refractivity contribution in [3.8, 4) is 11.4 Å². The molecule has 6 heteroatoms. The van der Waals surface area contributed by atoms with Crippen molar-refractivity contribution in [2.45, 2.75) is 38.6 Å². The standard InChI is InChI=1S/C16H18FN3O2/c1-2-14(21)20-10-4-3-5-13(20)16-18-15(19-22-16)11-6-8-12(17)9-7-11/h6-9,13H,2-5,10H2,1H3/t13-/m0/s1. The number of aromatic nitrogens is 2. The highest BCUT2D eigenvalue weighted by atomic mass is 19.1. The molecule has 1 fully saturated rings. The second-order valence-electron chi connectivity index (χ2n) is 5.42. The van der Waals surface area contributed by atoms with E-state index in [0.717, 1.165) is 25.8 Å². The summed E-state index contributed by atoms with van der Waals surface area (Å²) in [5.74, 6) is 0.677. The number of rotatable bonds is 3. The maximum Gasteiger partial charge on any atom is 0.249 e. The lowest BCUT2D eigenvalue weighted by atomic mass is 10.0. The minimum atomic E-state index is -0.306. The molecule has 1 aromatic heterocycles. The minimum Gasteiger partial charge on any atom is -0.337 e. The van der Waals surface area contributed by atoms with Gasteiger partial charge in [-0.3, -0.25) is 4.79 Å². The first-order valence-electron chi connectivity index (χ1n) is 7.58. The first-order chi connectivity index (χ1) is 10.7. The van der Waals surface area contributed by atoms with E-state index in [0.29, 0.717) is 23.7 Å². The number of halogens is 1. The van der Waals surface area contributed by atoms with Crippen molar-refractivity contribution < 1.29 is 13.7 Å². The third-order valence-electron chi connectivity index (χ3n) is 3.95. The number of amides is 1. The Morgan fingerprint density at radius 2 is 2.14 bits per heavy atom. The quantitative estimate of drug-likeness (QED) is 0.872. The Bertz CT molecular complexity index is 654. The molecular formula is C16H18FN3O2. The van der Waals surface area contributed by atoms with Crippen LogP contribution in [0.15, 0.2) is 28.8 Å². The Morgan fingerprint density at radius 3 is 2.86 bits per heavy atom. The lowest BCUT2D eigenvalue weighted by Crippen LogP contribution is -2.38. The van der Waals surface area contributed by atoms with E-state index in [9.17, 15) is 9.18 Å². The molecule has 2 aromatic rings.